The van der Waals surface area contributed by atoms with Crippen molar-refractivity contribution in [1.29, 1.82) is 0 Å². The summed E-state index contributed by atoms with van der Waals surface area (Å²) in [6.45, 7) is 12.0. The normalized spacial score (nSPS) is 14.8. The number of carbonyl (C=O) groups excluding carboxylic acids is 1. The fourth-order valence-electron chi connectivity index (χ4n) is 2.09. The molecule has 0 aliphatic heterocycles. The number of aryl methyl sites for hydroxylation is 1. The van der Waals surface area contributed by atoms with Gasteiger partial charge in [0, 0.05) is 11.6 Å². The van der Waals surface area contributed by atoms with E-state index in [1.54, 1.807) is 0 Å². The van der Waals surface area contributed by atoms with E-state index >= 15 is 0 Å². The van der Waals surface area contributed by atoms with Gasteiger partial charge in [-0.3, -0.25) is 10.1 Å². The molecule has 2 N–H and O–H groups in total. The first-order chi connectivity index (χ1) is 8.70. The van der Waals surface area contributed by atoms with Crippen molar-refractivity contribution in [3.63, 3.8) is 0 Å². The second kappa shape index (κ2) is 6.20. The molecule has 0 heterocycles. The Morgan fingerprint density at radius 2 is 1.74 bits per heavy atom. The second-order valence-electron chi connectivity index (χ2n) is 6.21. The Labute approximate surface area is 116 Å². The Kier molecular flexibility index (Phi) is 5.12. The van der Waals surface area contributed by atoms with Gasteiger partial charge in [0.15, 0.2) is 0 Å². The second-order valence-corrected chi connectivity index (χ2v) is 6.21. The van der Waals surface area contributed by atoms with Crippen LogP contribution in [0, 0.1) is 6.92 Å². The zero-order chi connectivity index (χ0) is 14.6. The number of rotatable bonds is 4. The van der Waals surface area contributed by atoms with Crippen molar-refractivity contribution in [1.82, 2.24) is 10.6 Å². The molecule has 0 bridgehead atoms. The summed E-state index contributed by atoms with van der Waals surface area (Å²) in [5, 5.41) is 6.34. The Bertz CT molecular complexity index is 435. The van der Waals surface area contributed by atoms with Crippen LogP contribution in [0.25, 0.3) is 0 Å². The van der Waals surface area contributed by atoms with Crippen molar-refractivity contribution in [3.8, 4) is 0 Å². The summed E-state index contributed by atoms with van der Waals surface area (Å²) < 4.78 is 0. The minimum Gasteiger partial charge on any atom is -0.350 e. The lowest BCUT2D eigenvalue weighted by Crippen LogP contribution is -2.50. The minimum atomic E-state index is -0.214. The summed E-state index contributed by atoms with van der Waals surface area (Å²) in [5.74, 6) is 0.0351. The molecular formula is C16H26N2O. The highest BCUT2D eigenvalue weighted by Gasteiger charge is 2.21. The summed E-state index contributed by atoms with van der Waals surface area (Å²) in [7, 11) is 0. The van der Waals surface area contributed by atoms with Gasteiger partial charge in [-0.15, -0.1) is 0 Å². The molecule has 1 unspecified atom stereocenters. The summed E-state index contributed by atoms with van der Waals surface area (Å²) in [6.07, 6.45) is 0. The van der Waals surface area contributed by atoms with Gasteiger partial charge in [-0.1, -0.05) is 24.3 Å². The van der Waals surface area contributed by atoms with Gasteiger partial charge in [0.1, 0.15) is 0 Å². The summed E-state index contributed by atoms with van der Waals surface area (Å²) in [6, 6.07) is 8.19. The van der Waals surface area contributed by atoms with Crippen LogP contribution in [-0.2, 0) is 4.79 Å². The predicted molar refractivity (Wildman–Crippen MR) is 80.1 cm³/mol. The third-order valence-corrected chi connectivity index (χ3v) is 3.05. The topological polar surface area (TPSA) is 41.1 Å². The quantitative estimate of drug-likeness (QED) is 0.876. The van der Waals surface area contributed by atoms with Crippen molar-refractivity contribution in [2.75, 3.05) is 0 Å². The first-order valence-electron chi connectivity index (χ1n) is 6.84. The maximum atomic E-state index is 12.0. The van der Waals surface area contributed by atoms with Crippen LogP contribution in [0.5, 0.6) is 0 Å². The molecule has 0 spiro atoms. The molecule has 0 aromatic heterocycles. The average molecular weight is 262 g/mol. The molecule has 19 heavy (non-hydrogen) atoms. The number of hydrogen-bond donors (Lipinski definition) is 2. The van der Waals surface area contributed by atoms with Gasteiger partial charge < -0.3 is 5.32 Å². The van der Waals surface area contributed by atoms with E-state index in [2.05, 4.69) is 36.6 Å². The van der Waals surface area contributed by atoms with Crippen LogP contribution in [0.4, 0.5) is 0 Å². The summed E-state index contributed by atoms with van der Waals surface area (Å²) in [5.41, 5.74) is 2.28. The average Bonchev–Trinajstić information content (AvgIpc) is 2.27. The van der Waals surface area contributed by atoms with E-state index < -0.39 is 0 Å². The van der Waals surface area contributed by atoms with Crippen molar-refractivity contribution in [3.05, 3.63) is 35.4 Å². The minimum absolute atomic E-state index is 0.0351. The predicted octanol–water partition coefficient (Wildman–Crippen LogP) is 2.95. The van der Waals surface area contributed by atoms with Crippen molar-refractivity contribution in [2.24, 2.45) is 0 Å². The monoisotopic (exact) mass is 262 g/mol. The third-order valence-electron chi connectivity index (χ3n) is 3.05. The molecule has 0 aliphatic carbocycles. The maximum absolute atomic E-state index is 12.0. The van der Waals surface area contributed by atoms with E-state index in [9.17, 15) is 4.79 Å². The lowest BCUT2D eigenvalue weighted by atomic mass is 10.0. The van der Waals surface area contributed by atoms with Gasteiger partial charge >= 0.3 is 0 Å². The SMILES string of the molecule is Cc1ccccc1[C@H](C)NC(C)C(=O)NC(C)(C)C. The van der Waals surface area contributed by atoms with Crippen LogP contribution in [0.1, 0.15) is 51.8 Å². The van der Waals surface area contributed by atoms with Crippen molar-refractivity contribution in [2.45, 2.75) is 59.2 Å². The Hall–Kier alpha value is -1.35. The van der Waals surface area contributed by atoms with Gasteiger partial charge in [0.2, 0.25) is 5.91 Å². The molecule has 2 atom stereocenters. The zero-order valence-electron chi connectivity index (χ0n) is 12.9. The van der Waals surface area contributed by atoms with Gasteiger partial charge in [-0.2, -0.15) is 0 Å². The van der Waals surface area contributed by atoms with Crippen LogP contribution >= 0.6 is 0 Å². The fourth-order valence-corrected chi connectivity index (χ4v) is 2.09. The number of carbonyl (C=O) groups is 1. The third kappa shape index (κ3) is 5.03. The van der Waals surface area contributed by atoms with Crippen LogP contribution < -0.4 is 10.6 Å². The van der Waals surface area contributed by atoms with E-state index in [1.165, 1.54) is 11.1 Å². The van der Waals surface area contributed by atoms with E-state index in [0.717, 1.165) is 0 Å². The van der Waals surface area contributed by atoms with Gasteiger partial charge in [0.25, 0.3) is 0 Å². The van der Waals surface area contributed by atoms with Crippen LogP contribution in [-0.4, -0.2) is 17.5 Å². The van der Waals surface area contributed by atoms with Crippen LogP contribution in [0.3, 0.4) is 0 Å². The van der Waals surface area contributed by atoms with Crippen molar-refractivity contribution >= 4 is 5.91 Å². The van der Waals surface area contributed by atoms with Crippen molar-refractivity contribution < 1.29 is 4.79 Å². The first kappa shape index (κ1) is 15.7. The molecule has 1 amide bonds. The molecule has 0 saturated carbocycles. The molecule has 0 radical (unpaired) electrons. The number of hydrogen-bond acceptors (Lipinski definition) is 2. The largest absolute Gasteiger partial charge is 0.350 e. The Morgan fingerprint density at radius 1 is 1.16 bits per heavy atom. The standard InChI is InChI=1S/C16H26N2O/c1-11-9-7-8-10-14(11)12(2)17-13(3)15(19)18-16(4,5)6/h7-10,12-13,17H,1-6H3,(H,18,19)/t12-,13?/m0/s1. The highest BCUT2D eigenvalue weighted by molar-refractivity contribution is 5.82. The maximum Gasteiger partial charge on any atom is 0.237 e. The van der Waals surface area contributed by atoms with E-state index in [1.807, 2.05) is 39.8 Å². The van der Waals surface area contributed by atoms with Crippen LogP contribution in [0.2, 0.25) is 0 Å². The van der Waals surface area contributed by atoms with E-state index in [4.69, 9.17) is 0 Å². The smallest absolute Gasteiger partial charge is 0.237 e. The number of benzene rings is 1. The van der Waals surface area contributed by atoms with E-state index in [0.29, 0.717) is 0 Å². The molecule has 1 aromatic carbocycles. The molecular weight excluding hydrogens is 236 g/mol. The first-order valence-corrected chi connectivity index (χ1v) is 6.84. The van der Waals surface area contributed by atoms with Gasteiger partial charge in [0.05, 0.1) is 6.04 Å². The lowest BCUT2D eigenvalue weighted by Gasteiger charge is -2.26. The molecule has 0 fully saturated rings. The highest BCUT2D eigenvalue weighted by atomic mass is 16.2. The molecule has 106 valence electrons. The molecule has 0 saturated heterocycles. The van der Waals surface area contributed by atoms with E-state index in [-0.39, 0.29) is 23.5 Å². The molecule has 1 aromatic rings. The molecule has 3 heteroatoms. The highest BCUT2D eigenvalue weighted by Crippen LogP contribution is 2.17. The molecule has 0 aliphatic rings. The lowest BCUT2D eigenvalue weighted by molar-refractivity contribution is -0.124. The molecule has 3 nitrogen and oxygen atoms in total. The number of nitrogens with one attached hydrogen (secondary N) is 2. The summed E-state index contributed by atoms with van der Waals surface area (Å²) >= 11 is 0. The fraction of sp³-hybridized carbons (Fsp3) is 0.562. The summed E-state index contributed by atoms with van der Waals surface area (Å²) in [4.78, 5) is 12.0. The Balaban J connectivity index is 2.64. The van der Waals surface area contributed by atoms with Gasteiger partial charge in [-0.25, -0.2) is 0 Å². The Morgan fingerprint density at radius 3 is 2.26 bits per heavy atom. The zero-order valence-corrected chi connectivity index (χ0v) is 12.9. The van der Waals surface area contributed by atoms with Crippen LogP contribution in [0.15, 0.2) is 24.3 Å². The van der Waals surface area contributed by atoms with Gasteiger partial charge in [-0.05, 0) is 52.7 Å². The molecule has 1 rings (SSSR count). The number of amides is 1.